The predicted molar refractivity (Wildman–Crippen MR) is 59.5 cm³/mol. The molecule has 1 aliphatic heterocycles. The third-order valence-electron chi connectivity index (χ3n) is 2.92. The van der Waals surface area contributed by atoms with Crippen LogP contribution in [-0.2, 0) is 0 Å². The van der Waals surface area contributed by atoms with Gasteiger partial charge in [-0.15, -0.1) is 0 Å². The molecule has 0 saturated carbocycles. The summed E-state index contributed by atoms with van der Waals surface area (Å²) in [4.78, 5) is 0. The molecule has 2 rings (SSSR count). The Morgan fingerprint density at radius 3 is 2.69 bits per heavy atom. The van der Waals surface area contributed by atoms with Gasteiger partial charge in [-0.1, -0.05) is 0 Å². The largest absolute Gasteiger partial charge is 0.493 e. The average molecular weight is 225 g/mol. The number of halogens is 1. The number of rotatable bonds is 3. The topological polar surface area (TPSA) is 30.5 Å². The van der Waals surface area contributed by atoms with Crippen molar-refractivity contribution in [3.8, 4) is 11.5 Å². The molecule has 1 unspecified atom stereocenters. The minimum absolute atomic E-state index is 0.171. The predicted octanol–water partition coefficient (Wildman–Crippen LogP) is 2.27. The maximum absolute atomic E-state index is 13.7. The number of methoxy groups -OCH3 is 2. The molecule has 0 amide bonds. The summed E-state index contributed by atoms with van der Waals surface area (Å²) in [6.45, 7) is 0.987. The summed E-state index contributed by atoms with van der Waals surface area (Å²) in [6, 6.07) is 3.59. The van der Waals surface area contributed by atoms with E-state index < -0.39 is 0 Å². The maximum Gasteiger partial charge on any atom is 0.196 e. The van der Waals surface area contributed by atoms with Gasteiger partial charge in [-0.05, 0) is 37.1 Å². The second-order valence-corrected chi connectivity index (χ2v) is 3.89. The standard InChI is InChI=1S/C12H16FNO2/c1-15-11-7-8(10-4-3-5-14-10)6-9(13)12(11)16-2/h6-7,10,14H,3-5H2,1-2H3. The van der Waals surface area contributed by atoms with Crippen molar-refractivity contribution < 1.29 is 13.9 Å². The molecule has 1 aliphatic rings. The highest BCUT2D eigenvalue weighted by molar-refractivity contribution is 5.45. The number of benzene rings is 1. The van der Waals surface area contributed by atoms with Crippen molar-refractivity contribution in [2.75, 3.05) is 20.8 Å². The third-order valence-corrected chi connectivity index (χ3v) is 2.92. The first-order valence-electron chi connectivity index (χ1n) is 5.41. The van der Waals surface area contributed by atoms with E-state index in [9.17, 15) is 4.39 Å². The maximum atomic E-state index is 13.7. The number of ether oxygens (including phenoxy) is 2. The van der Waals surface area contributed by atoms with Crippen molar-refractivity contribution in [1.82, 2.24) is 5.32 Å². The Kier molecular flexibility index (Phi) is 3.29. The number of nitrogens with one attached hydrogen (secondary N) is 1. The molecule has 4 heteroatoms. The molecule has 88 valence electrons. The lowest BCUT2D eigenvalue weighted by Gasteiger charge is -2.15. The fourth-order valence-electron chi connectivity index (χ4n) is 2.11. The molecular formula is C12H16FNO2. The van der Waals surface area contributed by atoms with Gasteiger partial charge in [0.25, 0.3) is 0 Å². The lowest BCUT2D eigenvalue weighted by molar-refractivity contribution is 0.336. The quantitative estimate of drug-likeness (QED) is 0.856. The Morgan fingerprint density at radius 1 is 1.31 bits per heavy atom. The molecule has 1 aromatic carbocycles. The average Bonchev–Trinajstić information content (AvgIpc) is 2.81. The molecule has 1 heterocycles. The van der Waals surface area contributed by atoms with E-state index in [2.05, 4.69) is 5.32 Å². The Bertz CT molecular complexity index is 376. The van der Waals surface area contributed by atoms with Crippen LogP contribution in [0.2, 0.25) is 0 Å². The van der Waals surface area contributed by atoms with Crippen LogP contribution in [0.5, 0.6) is 11.5 Å². The van der Waals surface area contributed by atoms with Gasteiger partial charge in [-0.2, -0.15) is 0 Å². The van der Waals surface area contributed by atoms with E-state index in [4.69, 9.17) is 9.47 Å². The molecule has 0 radical (unpaired) electrons. The first-order valence-corrected chi connectivity index (χ1v) is 5.41. The van der Waals surface area contributed by atoms with Gasteiger partial charge >= 0.3 is 0 Å². The fourth-order valence-corrected chi connectivity index (χ4v) is 2.11. The second-order valence-electron chi connectivity index (χ2n) is 3.89. The van der Waals surface area contributed by atoms with Crippen molar-refractivity contribution in [3.05, 3.63) is 23.5 Å². The van der Waals surface area contributed by atoms with Crippen LogP contribution >= 0.6 is 0 Å². The van der Waals surface area contributed by atoms with E-state index in [0.717, 1.165) is 24.9 Å². The summed E-state index contributed by atoms with van der Waals surface area (Å²) in [5.74, 6) is 0.251. The molecule has 1 saturated heterocycles. The summed E-state index contributed by atoms with van der Waals surface area (Å²) >= 11 is 0. The first-order chi connectivity index (χ1) is 7.76. The summed E-state index contributed by atoms with van der Waals surface area (Å²) in [7, 11) is 2.96. The lowest BCUT2D eigenvalue weighted by atomic mass is 10.0. The Balaban J connectivity index is 2.36. The zero-order valence-electron chi connectivity index (χ0n) is 9.55. The molecule has 1 N–H and O–H groups in total. The van der Waals surface area contributed by atoms with Gasteiger partial charge in [-0.25, -0.2) is 4.39 Å². The molecule has 16 heavy (non-hydrogen) atoms. The Labute approximate surface area is 94.6 Å². The van der Waals surface area contributed by atoms with Crippen molar-refractivity contribution in [2.24, 2.45) is 0 Å². The highest BCUT2D eigenvalue weighted by Gasteiger charge is 2.20. The van der Waals surface area contributed by atoms with Crippen LogP contribution in [0.3, 0.4) is 0 Å². The van der Waals surface area contributed by atoms with E-state index in [1.165, 1.54) is 20.3 Å². The highest BCUT2D eigenvalue weighted by Crippen LogP contribution is 2.35. The highest BCUT2D eigenvalue weighted by atomic mass is 19.1. The Morgan fingerprint density at radius 2 is 2.12 bits per heavy atom. The fraction of sp³-hybridized carbons (Fsp3) is 0.500. The molecule has 0 aliphatic carbocycles. The van der Waals surface area contributed by atoms with Gasteiger partial charge < -0.3 is 14.8 Å². The minimum atomic E-state index is -0.370. The SMILES string of the molecule is COc1cc(C2CCCN2)cc(F)c1OC. The van der Waals surface area contributed by atoms with E-state index in [-0.39, 0.29) is 17.6 Å². The second kappa shape index (κ2) is 4.70. The van der Waals surface area contributed by atoms with Crippen molar-refractivity contribution >= 4 is 0 Å². The number of hydrogen-bond acceptors (Lipinski definition) is 3. The number of hydrogen-bond donors (Lipinski definition) is 1. The van der Waals surface area contributed by atoms with Crippen LogP contribution in [0.25, 0.3) is 0 Å². The smallest absolute Gasteiger partial charge is 0.196 e. The zero-order chi connectivity index (χ0) is 11.5. The van der Waals surface area contributed by atoms with Gasteiger partial charge in [-0.3, -0.25) is 0 Å². The molecule has 1 fully saturated rings. The minimum Gasteiger partial charge on any atom is -0.493 e. The normalized spacial score (nSPS) is 19.8. The van der Waals surface area contributed by atoms with Crippen LogP contribution in [-0.4, -0.2) is 20.8 Å². The van der Waals surface area contributed by atoms with Crippen LogP contribution < -0.4 is 14.8 Å². The first kappa shape index (κ1) is 11.2. The molecular weight excluding hydrogens is 209 g/mol. The van der Waals surface area contributed by atoms with E-state index in [1.54, 1.807) is 0 Å². The summed E-state index contributed by atoms with van der Waals surface area (Å²) in [5, 5.41) is 3.33. The van der Waals surface area contributed by atoms with Crippen LogP contribution in [0.1, 0.15) is 24.4 Å². The molecule has 3 nitrogen and oxygen atoms in total. The van der Waals surface area contributed by atoms with Gasteiger partial charge in [0.1, 0.15) is 0 Å². The van der Waals surface area contributed by atoms with Crippen LogP contribution in [0.4, 0.5) is 4.39 Å². The monoisotopic (exact) mass is 225 g/mol. The van der Waals surface area contributed by atoms with E-state index in [1.807, 2.05) is 6.07 Å². The lowest BCUT2D eigenvalue weighted by Crippen LogP contribution is -2.13. The summed E-state index contributed by atoms with van der Waals surface area (Å²) in [6.07, 6.45) is 2.16. The summed E-state index contributed by atoms with van der Waals surface area (Å²) in [5.41, 5.74) is 0.924. The van der Waals surface area contributed by atoms with Crippen molar-refractivity contribution in [1.29, 1.82) is 0 Å². The zero-order valence-corrected chi connectivity index (χ0v) is 9.55. The third kappa shape index (κ3) is 1.97. The Hall–Kier alpha value is -1.29. The van der Waals surface area contributed by atoms with Gasteiger partial charge in [0.05, 0.1) is 14.2 Å². The molecule has 1 atom stereocenters. The molecule has 0 spiro atoms. The van der Waals surface area contributed by atoms with E-state index in [0.29, 0.717) is 5.75 Å². The van der Waals surface area contributed by atoms with Crippen LogP contribution in [0, 0.1) is 5.82 Å². The van der Waals surface area contributed by atoms with Gasteiger partial charge in [0.15, 0.2) is 17.3 Å². The molecule has 0 aromatic heterocycles. The van der Waals surface area contributed by atoms with Crippen LogP contribution in [0.15, 0.2) is 12.1 Å². The van der Waals surface area contributed by atoms with Crippen molar-refractivity contribution in [3.63, 3.8) is 0 Å². The molecule has 0 bridgehead atoms. The van der Waals surface area contributed by atoms with Crippen molar-refractivity contribution in [2.45, 2.75) is 18.9 Å². The molecule has 1 aromatic rings. The summed E-state index contributed by atoms with van der Waals surface area (Å²) < 4.78 is 23.8. The van der Waals surface area contributed by atoms with Gasteiger partial charge in [0, 0.05) is 6.04 Å². The van der Waals surface area contributed by atoms with E-state index >= 15 is 0 Å². The van der Waals surface area contributed by atoms with Gasteiger partial charge in [0.2, 0.25) is 0 Å².